The lowest BCUT2D eigenvalue weighted by Crippen LogP contribution is -2.14. The fourth-order valence-electron chi connectivity index (χ4n) is 1.34. The first-order valence-corrected chi connectivity index (χ1v) is 5.77. The summed E-state index contributed by atoms with van der Waals surface area (Å²) in [5.41, 5.74) is 6.31. The van der Waals surface area contributed by atoms with E-state index in [1.54, 1.807) is 5.38 Å². The minimum absolute atomic E-state index is 0.227. The number of thiazole rings is 1. The monoisotopic (exact) mass is 256 g/mol. The number of halogens is 2. The van der Waals surface area contributed by atoms with Crippen LogP contribution in [0, 0.1) is 11.6 Å². The lowest BCUT2D eigenvalue weighted by atomic mass is 10.2. The van der Waals surface area contributed by atoms with E-state index in [2.05, 4.69) is 4.98 Å². The second-order valence-electron chi connectivity index (χ2n) is 3.49. The molecule has 90 valence electrons. The molecule has 0 aliphatic carbocycles. The maximum Gasteiger partial charge on any atom is 0.136 e. The molecular formula is C11H10F2N2OS. The Hall–Kier alpha value is -1.37. The molecule has 1 aromatic heterocycles. The van der Waals surface area contributed by atoms with E-state index in [-0.39, 0.29) is 12.2 Å². The van der Waals surface area contributed by atoms with Gasteiger partial charge in [0.15, 0.2) is 0 Å². The lowest BCUT2D eigenvalue weighted by molar-refractivity contribution is 0.266. The zero-order valence-corrected chi connectivity index (χ0v) is 9.55. The number of nitrogens with zero attached hydrogens (tertiary/aromatic N) is 1. The Bertz CT molecular complexity index is 530. The van der Waals surface area contributed by atoms with Crippen molar-refractivity contribution in [1.82, 2.24) is 4.98 Å². The Morgan fingerprint density at radius 3 is 2.82 bits per heavy atom. The van der Waals surface area contributed by atoms with Crippen LogP contribution in [0.4, 0.5) is 8.78 Å². The minimum atomic E-state index is -0.663. The van der Waals surface area contributed by atoms with Crippen LogP contribution in [0.1, 0.15) is 11.7 Å². The van der Waals surface area contributed by atoms with E-state index >= 15 is 0 Å². The van der Waals surface area contributed by atoms with Crippen LogP contribution in [-0.4, -0.2) is 16.7 Å². The second-order valence-corrected chi connectivity index (χ2v) is 4.35. The summed E-state index contributed by atoms with van der Waals surface area (Å²) in [5, 5.41) is 10.9. The molecule has 0 spiro atoms. The molecule has 2 aromatic rings. The molecule has 0 saturated heterocycles. The van der Waals surface area contributed by atoms with E-state index in [9.17, 15) is 8.78 Å². The smallest absolute Gasteiger partial charge is 0.136 e. The normalized spacial score (nSPS) is 12.7. The average molecular weight is 256 g/mol. The van der Waals surface area contributed by atoms with Crippen molar-refractivity contribution in [3.05, 3.63) is 40.9 Å². The van der Waals surface area contributed by atoms with Crippen molar-refractivity contribution in [2.24, 2.45) is 5.73 Å². The van der Waals surface area contributed by atoms with Gasteiger partial charge in [0.2, 0.25) is 0 Å². The number of aliphatic hydroxyl groups is 1. The molecule has 1 aromatic carbocycles. The van der Waals surface area contributed by atoms with Gasteiger partial charge in [0.1, 0.15) is 16.6 Å². The van der Waals surface area contributed by atoms with E-state index in [1.165, 1.54) is 23.5 Å². The van der Waals surface area contributed by atoms with E-state index in [0.717, 1.165) is 6.07 Å². The third kappa shape index (κ3) is 2.49. The fraction of sp³-hybridized carbons (Fsp3) is 0.182. The van der Waals surface area contributed by atoms with Gasteiger partial charge in [-0.1, -0.05) is 0 Å². The molecule has 0 radical (unpaired) electrons. The van der Waals surface area contributed by atoms with Gasteiger partial charge >= 0.3 is 0 Å². The molecule has 0 saturated carbocycles. The molecule has 3 nitrogen and oxygen atoms in total. The van der Waals surface area contributed by atoms with Gasteiger partial charge in [0.25, 0.3) is 0 Å². The Kier molecular flexibility index (Phi) is 3.46. The van der Waals surface area contributed by atoms with Crippen LogP contribution in [0.2, 0.25) is 0 Å². The Morgan fingerprint density at radius 1 is 1.41 bits per heavy atom. The summed E-state index contributed by atoms with van der Waals surface area (Å²) in [7, 11) is 0. The minimum Gasteiger partial charge on any atom is -0.394 e. The molecule has 0 aliphatic heterocycles. The Balaban J connectivity index is 2.37. The summed E-state index contributed by atoms with van der Waals surface area (Å²) < 4.78 is 26.2. The summed E-state index contributed by atoms with van der Waals surface area (Å²) in [6.07, 6.45) is 0. The molecule has 17 heavy (non-hydrogen) atoms. The molecule has 1 atom stereocenters. The van der Waals surface area contributed by atoms with Crippen molar-refractivity contribution in [2.45, 2.75) is 6.04 Å². The first-order valence-electron chi connectivity index (χ1n) is 4.89. The number of hydrogen-bond acceptors (Lipinski definition) is 4. The van der Waals surface area contributed by atoms with E-state index in [1.807, 2.05) is 0 Å². The molecule has 0 bridgehead atoms. The van der Waals surface area contributed by atoms with Gasteiger partial charge in [-0.25, -0.2) is 13.8 Å². The van der Waals surface area contributed by atoms with Gasteiger partial charge in [-0.15, -0.1) is 11.3 Å². The number of benzene rings is 1. The summed E-state index contributed by atoms with van der Waals surface area (Å²) in [6.45, 7) is -0.227. The molecule has 2 rings (SSSR count). The molecule has 1 unspecified atom stereocenters. The van der Waals surface area contributed by atoms with Crippen molar-refractivity contribution in [2.75, 3.05) is 6.61 Å². The van der Waals surface area contributed by atoms with Gasteiger partial charge in [0, 0.05) is 17.0 Å². The van der Waals surface area contributed by atoms with Gasteiger partial charge in [-0.2, -0.15) is 0 Å². The molecule has 0 amide bonds. The predicted octanol–water partition coefficient (Wildman–Crippen LogP) is 2.08. The molecule has 1 heterocycles. The summed E-state index contributed by atoms with van der Waals surface area (Å²) in [5.74, 6) is -1.29. The van der Waals surface area contributed by atoms with Gasteiger partial charge < -0.3 is 10.8 Å². The van der Waals surface area contributed by atoms with E-state index < -0.39 is 17.7 Å². The van der Waals surface area contributed by atoms with Crippen LogP contribution < -0.4 is 5.73 Å². The molecular weight excluding hydrogens is 246 g/mol. The Morgan fingerprint density at radius 2 is 2.18 bits per heavy atom. The topological polar surface area (TPSA) is 59.1 Å². The average Bonchev–Trinajstić information content (AvgIpc) is 2.77. The third-order valence-corrected chi connectivity index (χ3v) is 3.15. The van der Waals surface area contributed by atoms with Crippen LogP contribution in [0.25, 0.3) is 10.6 Å². The highest BCUT2D eigenvalue weighted by molar-refractivity contribution is 7.13. The number of hydrogen-bond donors (Lipinski definition) is 2. The second kappa shape index (κ2) is 4.87. The number of aliphatic hydroxyl groups excluding tert-OH is 1. The number of aromatic nitrogens is 1. The highest BCUT2D eigenvalue weighted by atomic mass is 32.1. The van der Waals surface area contributed by atoms with Crippen LogP contribution in [0.3, 0.4) is 0 Å². The van der Waals surface area contributed by atoms with Crippen molar-refractivity contribution in [3.63, 3.8) is 0 Å². The van der Waals surface area contributed by atoms with Crippen molar-refractivity contribution in [1.29, 1.82) is 0 Å². The van der Waals surface area contributed by atoms with Gasteiger partial charge in [0.05, 0.1) is 18.3 Å². The standard InChI is InChI=1S/C11H10F2N2OS/c12-6-1-2-7(8(13)3-6)11-15-10(5-17-11)9(14)4-16/h1-3,5,9,16H,4,14H2. The largest absolute Gasteiger partial charge is 0.394 e. The quantitative estimate of drug-likeness (QED) is 0.884. The molecule has 6 heteroatoms. The van der Waals surface area contributed by atoms with E-state index in [0.29, 0.717) is 10.7 Å². The highest BCUT2D eigenvalue weighted by Crippen LogP contribution is 2.28. The van der Waals surface area contributed by atoms with E-state index in [4.69, 9.17) is 10.8 Å². The third-order valence-electron chi connectivity index (χ3n) is 2.26. The molecule has 3 N–H and O–H groups in total. The Labute approximate surface area is 101 Å². The van der Waals surface area contributed by atoms with Gasteiger partial charge in [-0.05, 0) is 12.1 Å². The lowest BCUT2D eigenvalue weighted by Gasteiger charge is -2.02. The highest BCUT2D eigenvalue weighted by Gasteiger charge is 2.13. The van der Waals surface area contributed by atoms with Crippen LogP contribution in [-0.2, 0) is 0 Å². The van der Waals surface area contributed by atoms with Crippen molar-refractivity contribution >= 4 is 11.3 Å². The van der Waals surface area contributed by atoms with Crippen molar-refractivity contribution in [3.8, 4) is 10.6 Å². The zero-order valence-electron chi connectivity index (χ0n) is 8.73. The number of nitrogens with two attached hydrogens (primary N) is 1. The van der Waals surface area contributed by atoms with Crippen LogP contribution >= 0.6 is 11.3 Å². The van der Waals surface area contributed by atoms with Crippen LogP contribution in [0.5, 0.6) is 0 Å². The summed E-state index contributed by atoms with van der Waals surface area (Å²) in [4.78, 5) is 4.11. The van der Waals surface area contributed by atoms with Crippen molar-refractivity contribution < 1.29 is 13.9 Å². The zero-order chi connectivity index (χ0) is 12.4. The summed E-state index contributed by atoms with van der Waals surface area (Å²) in [6, 6.07) is 2.73. The maximum absolute atomic E-state index is 13.5. The molecule has 0 fully saturated rings. The predicted molar refractivity (Wildman–Crippen MR) is 61.5 cm³/mol. The first-order chi connectivity index (χ1) is 8.11. The first kappa shape index (κ1) is 12.1. The van der Waals surface area contributed by atoms with Gasteiger partial charge in [-0.3, -0.25) is 0 Å². The summed E-state index contributed by atoms with van der Waals surface area (Å²) >= 11 is 1.20. The fourth-order valence-corrected chi connectivity index (χ4v) is 2.25. The van der Waals surface area contributed by atoms with Crippen LogP contribution in [0.15, 0.2) is 23.6 Å². The number of rotatable bonds is 3. The maximum atomic E-state index is 13.5. The molecule has 0 aliphatic rings. The SMILES string of the molecule is NC(CO)c1csc(-c2ccc(F)cc2F)n1.